The number of esters is 2. The number of hydrogen-bond donors (Lipinski definition) is 3. The molecule has 11 nitrogen and oxygen atoms in total. The van der Waals surface area contributed by atoms with Crippen molar-refractivity contribution in [3.63, 3.8) is 0 Å². The first-order chi connectivity index (χ1) is 11.0. The third-order valence-electron chi connectivity index (χ3n) is 2.33. The maximum atomic E-state index is 11.7. The van der Waals surface area contributed by atoms with E-state index in [4.69, 9.17) is 14.8 Å². The van der Waals surface area contributed by atoms with Gasteiger partial charge in [-0.3, -0.25) is 4.55 Å². The molecule has 0 amide bonds. The molecule has 0 unspecified atom stereocenters. The normalized spacial score (nSPS) is 10.7. The first-order valence-electron chi connectivity index (χ1n) is 5.91. The van der Waals surface area contributed by atoms with Gasteiger partial charge in [0.1, 0.15) is 0 Å². The van der Waals surface area contributed by atoms with E-state index in [0.29, 0.717) is 12.1 Å². The molecule has 0 aromatic heterocycles. The second-order valence-corrected chi connectivity index (χ2v) is 5.58. The van der Waals surface area contributed by atoms with Crippen molar-refractivity contribution in [3.8, 4) is 0 Å². The maximum absolute atomic E-state index is 11.7. The van der Waals surface area contributed by atoms with Gasteiger partial charge in [0, 0.05) is 0 Å². The third-order valence-corrected chi connectivity index (χ3v) is 3.16. The number of rotatable bonds is 7. The summed E-state index contributed by atoms with van der Waals surface area (Å²) >= 11 is 0. The van der Waals surface area contributed by atoms with Crippen LogP contribution >= 0.6 is 0 Å². The van der Waals surface area contributed by atoms with E-state index in [9.17, 15) is 27.6 Å². The van der Waals surface area contributed by atoms with Gasteiger partial charge in [0.2, 0.25) is 0 Å². The van der Waals surface area contributed by atoms with Crippen LogP contribution in [0.25, 0.3) is 0 Å². The van der Waals surface area contributed by atoms with Crippen LogP contribution in [0, 0.1) is 0 Å². The number of carbonyl (C=O) groups excluding carboxylic acids is 2. The van der Waals surface area contributed by atoms with Crippen molar-refractivity contribution >= 4 is 34.0 Å². The predicted octanol–water partition coefficient (Wildman–Crippen LogP) is -0.584. The SMILES string of the molecule is O=C(O)COC(=O)c1cc(C(=O)OCC(=O)O)cc(S(=O)(=O)O)c1. The van der Waals surface area contributed by atoms with Crippen LogP contribution in [0.4, 0.5) is 0 Å². The summed E-state index contributed by atoms with van der Waals surface area (Å²) in [6.45, 7) is -2.04. The molecular weight excluding hydrogens is 352 g/mol. The summed E-state index contributed by atoms with van der Waals surface area (Å²) in [5, 5.41) is 16.8. The van der Waals surface area contributed by atoms with Crippen LogP contribution in [0.5, 0.6) is 0 Å². The number of carbonyl (C=O) groups is 4. The molecule has 0 radical (unpaired) electrons. The lowest BCUT2D eigenvalue weighted by Gasteiger charge is -2.07. The number of carboxylic acid groups (broad SMARTS) is 2. The molecule has 0 aliphatic carbocycles. The smallest absolute Gasteiger partial charge is 0.341 e. The highest BCUT2D eigenvalue weighted by atomic mass is 32.2. The van der Waals surface area contributed by atoms with E-state index in [1.165, 1.54) is 0 Å². The number of benzene rings is 1. The lowest BCUT2D eigenvalue weighted by atomic mass is 10.1. The van der Waals surface area contributed by atoms with Crippen molar-refractivity contribution in [1.82, 2.24) is 0 Å². The molecule has 0 aliphatic heterocycles. The molecule has 24 heavy (non-hydrogen) atoms. The zero-order chi connectivity index (χ0) is 18.5. The second-order valence-electron chi connectivity index (χ2n) is 4.16. The molecule has 0 saturated carbocycles. The van der Waals surface area contributed by atoms with Gasteiger partial charge in [0.25, 0.3) is 10.1 Å². The maximum Gasteiger partial charge on any atom is 0.341 e. The average Bonchev–Trinajstić information content (AvgIpc) is 2.48. The zero-order valence-corrected chi connectivity index (χ0v) is 12.5. The molecule has 12 heteroatoms. The van der Waals surface area contributed by atoms with Gasteiger partial charge in [0.15, 0.2) is 13.2 Å². The molecule has 0 bridgehead atoms. The van der Waals surface area contributed by atoms with Gasteiger partial charge in [-0.05, 0) is 18.2 Å². The monoisotopic (exact) mass is 362 g/mol. The van der Waals surface area contributed by atoms with Gasteiger partial charge in [-0.15, -0.1) is 0 Å². The number of hydrogen-bond acceptors (Lipinski definition) is 8. The Kier molecular flexibility index (Phi) is 5.97. The van der Waals surface area contributed by atoms with Crippen molar-refractivity contribution in [1.29, 1.82) is 0 Å². The quantitative estimate of drug-likeness (QED) is 0.416. The van der Waals surface area contributed by atoms with E-state index in [0.717, 1.165) is 6.07 Å². The standard InChI is InChI=1S/C12H10O11S/c13-9(14)4-22-11(17)6-1-7(12(18)23-5-10(15)16)3-8(2-6)24(19,20)21/h1-3H,4-5H2,(H,13,14)(H,15,16)(H,19,20,21). The summed E-state index contributed by atoms with van der Waals surface area (Å²) in [7, 11) is -4.83. The van der Waals surface area contributed by atoms with E-state index >= 15 is 0 Å². The second kappa shape index (κ2) is 7.52. The van der Waals surface area contributed by atoms with Crippen molar-refractivity contribution in [2.24, 2.45) is 0 Å². The number of carboxylic acids is 2. The van der Waals surface area contributed by atoms with Gasteiger partial charge in [-0.2, -0.15) is 8.42 Å². The molecule has 130 valence electrons. The fraction of sp³-hybridized carbons (Fsp3) is 0.167. The Morgan fingerprint density at radius 2 is 1.21 bits per heavy atom. The zero-order valence-electron chi connectivity index (χ0n) is 11.7. The first kappa shape index (κ1) is 19.1. The van der Waals surface area contributed by atoms with Crippen molar-refractivity contribution in [2.45, 2.75) is 4.90 Å². The molecule has 0 atom stereocenters. The summed E-state index contributed by atoms with van der Waals surface area (Å²) in [4.78, 5) is 43.1. The lowest BCUT2D eigenvalue weighted by molar-refractivity contribution is -0.141. The Morgan fingerprint density at radius 3 is 1.50 bits per heavy atom. The third kappa shape index (κ3) is 5.66. The van der Waals surface area contributed by atoms with E-state index in [-0.39, 0.29) is 0 Å². The van der Waals surface area contributed by atoms with Gasteiger partial charge < -0.3 is 19.7 Å². The minimum Gasteiger partial charge on any atom is -0.479 e. The molecule has 1 aromatic rings. The molecule has 0 saturated heterocycles. The highest BCUT2D eigenvalue weighted by molar-refractivity contribution is 7.85. The Labute approximate surface area is 134 Å². The molecule has 3 N–H and O–H groups in total. The van der Waals surface area contributed by atoms with Crippen LogP contribution in [0.3, 0.4) is 0 Å². The van der Waals surface area contributed by atoms with Gasteiger partial charge in [-0.1, -0.05) is 0 Å². The van der Waals surface area contributed by atoms with Gasteiger partial charge >= 0.3 is 23.9 Å². The fourth-order valence-corrected chi connectivity index (χ4v) is 1.96. The Balaban J connectivity index is 3.22. The van der Waals surface area contributed by atoms with E-state index in [1.807, 2.05) is 0 Å². The largest absolute Gasteiger partial charge is 0.479 e. The highest BCUT2D eigenvalue weighted by Crippen LogP contribution is 2.17. The van der Waals surface area contributed by atoms with Crippen molar-refractivity contribution in [3.05, 3.63) is 29.3 Å². The van der Waals surface area contributed by atoms with Crippen molar-refractivity contribution in [2.75, 3.05) is 13.2 Å². The van der Waals surface area contributed by atoms with E-state index in [2.05, 4.69) is 9.47 Å². The Bertz CT molecular complexity index is 745. The number of aliphatic carboxylic acids is 2. The summed E-state index contributed by atoms with van der Waals surface area (Å²) in [6, 6.07) is 2.09. The van der Waals surface area contributed by atoms with Crippen LogP contribution in [-0.2, 0) is 29.2 Å². The minimum atomic E-state index is -4.83. The van der Waals surface area contributed by atoms with Crippen LogP contribution in [0.2, 0.25) is 0 Å². The Hall–Kier alpha value is -2.99. The fourth-order valence-electron chi connectivity index (χ4n) is 1.40. The summed E-state index contributed by atoms with van der Waals surface area (Å²) in [6.07, 6.45) is 0. The summed E-state index contributed by atoms with van der Waals surface area (Å²) in [5.41, 5.74) is -1.12. The summed E-state index contributed by atoms with van der Waals surface area (Å²) in [5.74, 6) is -5.52. The lowest BCUT2D eigenvalue weighted by Crippen LogP contribution is -2.16. The Morgan fingerprint density at radius 1 is 0.833 bits per heavy atom. The van der Waals surface area contributed by atoms with E-state index in [1.54, 1.807) is 0 Å². The molecule has 0 spiro atoms. The highest BCUT2D eigenvalue weighted by Gasteiger charge is 2.21. The number of ether oxygens (including phenoxy) is 2. The molecule has 0 fully saturated rings. The van der Waals surface area contributed by atoms with Gasteiger partial charge in [0.05, 0.1) is 16.0 Å². The molecule has 0 heterocycles. The first-order valence-corrected chi connectivity index (χ1v) is 7.35. The van der Waals surface area contributed by atoms with Gasteiger partial charge in [-0.25, -0.2) is 19.2 Å². The van der Waals surface area contributed by atoms with Crippen LogP contribution in [-0.4, -0.2) is 60.3 Å². The minimum absolute atomic E-state index is 0.561. The van der Waals surface area contributed by atoms with Crippen LogP contribution in [0.1, 0.15) is 20.7 Å². The van der Waals surface area contributed by atoms with Crippen LogP contribution in [0.15, 0.2) is 23.1 Å². The van der Waals surface area contributed by atoms with Crippen molar-refractivity contribution < 1.29 is 51.8 Å². The molecule has 1 rings (SSSR count). The van der Waals surface area contributed by atoms with E-state index < -0.39 is 63.2 Å². The average molecular weight is 362 g/mol. The molecular formula is C12H10O11S. The summed E-state index contributed by atoms with van der Waals surface area (Å²) < 4.78 is 40.0. The topological polar surface area (TPSA) is 182 Å². The molecule has 1 aromatic carbocycles. The predicted molar refractivity (Wildman–Crippen MR) is 72.1 cm³/mol. The van der Waals surface area contributed by atoms with Crippen LogP contribution < -0.4 is 0 Å². The molecule has 0 aliphatic rings.